The van der Waals surface area contributed by atoms with E-state index in [0.717, 1.165) is 0 Å². The molecular formula is C14H12ClFN2O2. The highest BCUT2D eigenvalue weighted by Crippen LogP contribution is 2.23. The smallest absolute Gasteiger partial charge is 0.257 e. The van der Waals surface area contributed by atoms with Gasteiger partial charge in [-0.2, -0.15) is 0 Å². The van der Waals surface area contributed by atoms with E-state index >= 15 is 0 Å². The van der Waals surface area contributed by atoms with Gasteiger partial charge in [-0.3, -0.25) is 4.79 Å². The molecular weight excluding hydrogens is 283 g/mol. The minimum atomic E-state index is -0.548. The van der Waals surface area contributed by atoms with Crippen molar-refractivity contribution >= 4 is 28.9 Å². The molecule has 0 aliphatic carbocycles. The number of ether oxygens (including phenoxy) is 1. The predicted octanol–water partition coefficient (Wildman–Crippen LogP) is 3.32. The van der Waals surface area contributed by atoms with Crippen molar-refractivity contribution in [2.24, 2.45) is 0 Å². The predicted molar refractivity (Wildman–Crippen MR) is 76.8 cm³/mol. The Kier molecular flexibility index (Phi) is 4.10. The molecule has 0 atom stereocenters. The zero-order valence-electron chi connectivity index (χ0n) is 10.6. The van der Waals surface area contributed by atoms with E-state index in [1.807, 2.05) is 0 Å². The maximum Gasteiger partial charge on any atom is 0.257 e. The Hall–Kier alpha value is -2.27. The summed E-state index contributed by atoms with van der Waals surface area (Å²) in [5.41, 5.74) is 6.75. The van der Waals surface area contributed by atoms with Crippen LogP contribution in [0.5, 0.6) is 5.75 Å². The molecule has 20 heavy (non-hydrogen) atoms. The number of rotatable bonds is 3. The van der Waals surface area contributed by atoms with Gasteiger partial charge in [-0.25, -0.2) is 4.39 Å². The normalized spacial score (nSPS) is 10.2. The number of hydrogen-bond donors (Lipinski definition) is 2. The fourth-order valence-electron chi connectivity index (χ4n) is 1.65. The molecule has 104 valence electrons. The fraction of sp³-hybridized carbons (Fsp3) is 0.0714. The van der Waals surface area contributed by atoms with Crippen LogP contribution in [0.15, 0.2) is 36.4 Å². The Morgan fingerprint density at radius 3 is 2.65 bits per heavy atom. The minimum Gasteiger partial charge on any atom is -0.497 e. The minimum absolute atomic E-state index is 0.0643. The lowest BCUT2D eigenvalue weighted by Crippen LogP contribution is -2.14. The van der Waals surface area contributed by atoms with E-state index in [4.69, 9.17) is 22.1 Å². The van der Waals surface area contributed by atoms with E-state index in [9.17, 15) is 9.18 Å². The molecule has 0 aliphatic heterocycles. The quantitative estimate of drug-likeness (QED) is 0.854. The number of methoxy groups -OCH3 is 1. The first-order chi connectivity index (χ1) is 9.51. The van der Waals surface area contributed by atoms with Crippen molar-refractivity contribution in [2.75, 3.05) is 18.2 Å². The highest BCUT2D eigenvalue weighted by atomic mass is 35.5. The number of nitrogens with two attached hydrogens (primary N) is 1. The van der Waals surface area contributed by atoms with Gasteiger partial charge in [0.25, 0.3) is 5.91 Å². The third-order valence-corrected chi connectivity index (χ3v) is 2.97. The summed E-state index contributed by atoms with van der Waals surface area (Å²) in [6.07, 6.45) is 0. The van der Waals surface area contributed by atoms with Gasteiger partial charge in [-0.1, -0.05) is 11.6 Å². The van der Waals surface area contributed by atoms with Crippen LogP contribution >= 0.6 is 11.6 Å². The summed E-state index contributed by atoms with van der Waals surface area (Å²) >= 11 is 5.65. The maximum absolute atomic E-state index is 13.0. The van der Waals surface area contributed by atoms with Crippen molar-refractivity contribution in [3.8, 4) is 5.75 Å². The number of hydrogen-bond acceptors (Lipinski definition) is 3. The van der Waals surface area contributed by atoms with Crippen molar-refractivity contribution in [3.63, 3.8) is 0 Å². The van der Waals surface area contributed by atoms with E-state index < -0.39 is 11.7 Å². The van der Waals surface area contributed by atoms with Gasteiger partial charge >= 0.3 is 0 Å². The molecule has 2 aromatic carbocycles. The first kappa shape index (κ1) is 14.1. The first-order valence-corrected chi connectivity index (χ1v) is 6.09. The second-order valence-electron chi connectivity index (χ2n) is 4.04. The second kappa shape index (κ2) is 5.79. The number of nitrogens with one attached hydrogen (secondary N) is 1. The van der Waals surface area contributed by atoms with Crippen LogP contribution in [0.1, 0.15) is 10.4 Å². The molecule has 0 aliphatic rings. The van der Waals surface area contributed by atoms with Crippen LogP contribution in [-0.4, -0.2) is 13.0 Å². The van der Waals surface area contributed by atoms with Crippen LogP contribution in [0.4, 0.5) is 15.8 Å². The standard InChI is InChI=1S/C14H12ClFN2O2/c1-20-9-3-4-10(13(17)7-9)14(19)18-8-2-5-12(16)11(15)6-8/h2-7H,17H2,1H3,(H,18,19). The number of carbonyl (C=O) groups excluding carboxylic acids is 1. The molecule has 0 bridgehead atoms. The monoisotopic (exact) mass is 294 g/mol. The van der Waals surface area contributed by atoms with Crippen LogP contribution in [0.2, 0.25) is 5.02 Å². The zero-order chi connectivity index (χ0) is 14.7. The topological polar surface area (TPSA) is 64.3 Å². The molecule has 0 unspecified atom stereocenters. The average molecular weight is 295 g/mol. The van der Waals surface area contributed by atoms with Crippen molar-refractivity contribution < 1.29 is 13.9 Å². The van der Waals surface area contributed by atoms with Crippen LogP contribution in [0, 0.1) is 5.82 Å². The summed E-state index contributed by atoms with van der Waals surface area (Å²) in [6.45, 7) is 0. The lowest BCUT2D eigenvalue weighted by molar-refractivity contribution is 0.102. The molecule has 0 aromatic heterocycles. The van der Waals surface area contributed by atoms with Crippen LogP contribution in [0.3, 0.4) is 0 Å². The van der Waals surface area contributed by atoms with Gasteiger partial charge in [0.05, 0.1) is 17.7 Å². The Labute approximate surface area is 120 Å². The van der Waals surface area contributed by atoms with E-state index in [1.165, 1.54) is 25.3 Å². The summed E-state index contributed by atoms with van der Waals surface area (Å²) in [4.78, 5) is 12.1. The Morgan fingerprint density at radius 1 is 1.30 bits per heavy atom. The summed E-state index contributed by atoms with van der Waals surface area (Å²) < 4.78 is 18.0. The molecule has 0 spiro atoms. The fourth-order valence-corrected chi connectivity index (χ4v) is 1.83. The van der Waals surface area contributed by atoms with Crippen molar-refractivity contribution in [1.82, 2.24) is 0 Å². The number of amides is 1. The summed E-state index contributed by atoms with van der Waals surface area (Å²) in [5, 5.41) is 2.53. The molecule has 0 radical (unpaired) electrons. The maximum atomic E-state index is 13.0. The van der Waals surface area contributed by atoms with Crippen LogP contribution in [0.25, 0.3) is 0 Å². The molecule has 2 aromatic rings. The number of halogens is 2. The van der Waals surface area contributed by atoms with Gasteiger partial charge in [-0.05, 0) is 30.3 Å². The Morgan fingerprint density at radius 2 is 2.05 bits per heavy atom. The number of carbonyl (C=O) groups is 1. The van der Waals surface area contributed by atoms with Gasteiger partial charge in [-0.15, -0.1) is 0 Å². The van der Waals surface area contributed by atoms with Crippen molar-refractivity contribution in [1.29, 1.82) is 0 Å². The highest BCUT2D eigenvalue weighted by molar-refractivity contribution is 6.31. The highest BCUT2D eigenvalue weighted by Gasteiger charge is 2.11. The molecule has 0 saturated carbocycles. The van der Waals surface area contributed by atoms with Crippen LogP contribution < -0.4 is 15.8 Å². The SMILES string of the molecule is COc1ccc(C(=O)Nc2ccc(F)c(Cl)c2)c(N)c1. The van der Waals surface area contributed by atoms with E-state index in [2.05, 4.69) is 5.32 Å². The molecule has 1 amide bonds. The van der Waals surface area contributed by atoms with Gasteiger partial charge in [0, 0.05) is 17.4 Å². The summed E-state index contributed by atoms with van der Waals surface area (Å²) in [7, 11) is 1.51. The lowest BCUT2D eigenvalue weighted by Gasteiger charge is -2.09. The molecule has 0 fully saturated rings. The first-order valence-electron chi connectivity index (χ1n) is 5.71. The number of benzene rings is 2. The summed E-state index contributed by atoms with van der Waals surface area (Å²) in [5.74, 6) is -0.398. The Balaban J connectivity index is 2.21. The van der Waals surface area contributed by atoms with Crippen LogP contribution in [-0.2, 0) is 0 Å². The molecule has 2 rings (SSSR count). The number of nitrogen functional groups attached to an aromatic ring is 1. The lowest BCUT2D eigenvalue weighted by atomic mass is 10.1. The van der Waals surface area contributed by atoms with Crippen molar-refractivity contribution in [3.05, 3.63) is 52.8 Å². The second-order valence-corrected chi connectivity index (χ2v) is 4.44. The average Bonchev–Trinajstić information content (AvgIpc) is 2.42. The van der Waals surface area contributed by atoms with E-state index in [-0.39, 0.29) is 10.7 Å². The third-order valence-electron chi connectivity index (χ3n) is 2.68. The van der Waals surface area contributed by atoms with Gasteiger partial charge in [0.1, 0.15) is 11.6 Å². The zero-order valence-corrected chi connectivity index (χ0v) is 11.4. The van der Waals surface area contributed by atoms with E-state index in [1.54, 1.807) is 18.2 Å². The Bertz CT molecular complexity index is 662. The number of anilines is 2. The van der Waals surface area contributed by atoms with Gasteiger partial charge in [0.15, 0.2) is 0 Å². The third kappa shape index (κ3) is 3.00. The molecule has 0 saturated heterocycles. The summed E-state index contributed by atoms with van der Waals surface area (Å²) in [6, 6.07) is 8.65. The molecule has 4 nitrogen and oxygen atoms in total. The van der Waals surface area contributed by atoms with E-state index in [0.29, 0.717) is 17.0 Å². The molecule has 0 heterocycles. The largest absolute Gasteiger partial charge is 0.497 e. The van der Waals surface area contributed by atoms with Gasteiger partial charge < -0.3 is 15.8 Å². The van der Waals surface area contributed by atoms with Crippen molar-refractivity contribution in [2.45, 2.75) is 0 Å². The molecule has 6 heteroatoms. The van der Waals surface area contributed by atoms with Gasteiger partial charge in [0.2, 0.25) is 0 Å². The molecule has 3 N–H and O–H groups in total.